The van der Waals surface area contributed by atoms with Gasteiger partial charge < -0.3 is 5.32 Å². The third-order valence-corrected chi connectivity index (χ3v) is 5.98. The fraction of sp³-hybridized carbons (Fsp3) is 0.474. The van der Waals surface area contributed by atoms with Gasteiger partial charge in [0.25, 0.3) is 5.91 Å². The average molecular weight is 391 g/mol. The molecule has 1 fully saturated rings. The molecule has 3 rings (SSSR count). The van der Waals surface area contributed by atoms with E-state index in [2.05, 4.69) is 15.1 Å². The van der Waals surface area contributed by atoms with E-state index in [0.717, 1.165) is 24.1 Å². The summed E-state index contributed by atoms with van der Waals surface area (Å²) in [7, 11) is -2.09. The summed E-state index contributed by atoms with van der Waals surface area (Å²) in [6.07, 6.45) is 2.26. The molecule has 1 aromatic heterocycles. The molecule has 1 aliphatic rings. The third-order valence-electron chi connectivity index (χ3n) is 4.55. The van der Waals surface area contributed by atoms with E-state index < -0.39 is 10.0 Å². The molecule has 0 atom stereocenters. The maximum atomic E-state index is 12.7. The highest BCUT2D eigenvalue weighted by Crippen LogP contribution is 2.40. The Labute approximate surface area is 160 Å². The van der Waals surface area contributed by atoms with Crippen LogP contribution in [0.5, 0.6) is 0 Å². The number of hydrogen-bond donors (Lipinski definition) is 2. The molecule has 27 heavy (non-hydrogen) atoms. The van der Waals surface area contributed by atoms with Crippen molar-refractivity contribution in [3.8, 4) is 0 Å². The van der Waals surface area contributed by atoms with E-state index in [1.54, 1.807) is 16.8 Å². The predicted octanol–water partition coefficient (Wildman–Crippen LogP) is 2.35. The lowest BCUT2D eigenvalue weighted by atomic mass is 10.1. The van der Waals surface area contributed by atoms with Crippen LogP contribution in [0.4, 0.5) is 0 Å². The van der Waals surface area contributed by atoms with Crippen LogP contribution >= 0.6 is 0 Å². The fourth-order valence-electron chi connectivity index (χ4n) is 2.83. The van der Waals surface area contributed by atoms with E-state index in [1.807, 2.05) is 26.8 Å². The van der Waals surface area contributed by atoms with Gasteiger partial charge in [0.1, 0.15) is 5.69 Å². The molecule has 1 amide bonds. The summed E-state index contributed by atoms with van der Waals surface area (Å²) < 4.78 is 27.6. The number of benzene rings is 1. The van der Waals surface area contributed by atoms with Gasteiger partial charge in [-0.25, -0.2) is 13.1 Å². The van der Waals surface area contributed by atoms with Crippen LogP contribution in [0.25, 0.3) is 0 Å². The Morgan fingerprint density at radius 2 is 1.85 bits per heavy atom. The number of sulfonamides is 1. The first-order chi connectivity index (χ1) is 12.6. The van der Waals surface area contributed by atoms with Crippen LogP contribution in [-0.4, -0.2) is 31.2 Å². The molecule has 1 heterocycles. The van der Waals surface area contributed by atoms with Crippen molar-refractivity contribution < 1.29 is 13.2 Å². The first kappa shape index (κ1) is 19.6. The zero-order valence-electron chi connectivity index (χ0n) is 16.1. The van der Waals surface area contributed by atoms with E-state index >= 15 is 0 Å². The van der Waals surface area contributed by atoms with Crippen molar-refractivity contribution in [2.45, 2.75) is 56.5 Å². The average Bonchev–Trinajstić information content (AvgIpc) is 3.37. The number of nitrogens with one attached hydrogen (secondary N) is 2. The molecule has 2 N–H and O–H groups in total. The van der Waals surface area contributed by atoms with Crippen LogP contribution in [0.15, 0.2) is 35.2 Å². The van der Waals surface area contributed by atoms with Crippen LogP contribution in [0, 0.1) is 0 Å². The smallest absolute Gasteiger partial charge is 0.269 e. The van der Waals surface area contributed by atoms with E-state index in [4.69, 9.17) is 0 Å². The van der Waals surface area contributed by atoms with Gasteiger partial charge in [0, 0.05) is 12.5 Å². The van der Waals surface area contributed by atoms with Crippen LogP contribution in [-0.2, 0) is 22.1 Å². The molecule has 0 unspecified atom stereocenters. The van der Waals surface area contributed by atoms with E-state index in [1.165, 1.54) is 19.2 Å². The number of carbonyl (C=O) groups excluding carboxylic acids is 1. The van der Waals surface area contributed by atoms with Gasteiger partial charge in [-0.3, -0.25) is 9.48 Å². The normalized spacial score (nSPS) is 15.0. The van der Waals surface area contributed by atoms with Gasteiger partial charge in [0.2, 0.25) is 10.0 Å². The van der Waals surface area contributed by atoms with Crippen LogP contribution in [0.2, 0.25) is 0 Å². The molecule has 0 bridgehead atoms. The number of amides is 1. The monoisotopic (exact) mass is 390 g/mol. The SMILES string of the molecule is CNS(=O)(=O)c1ccc(CNC(=O)c2cc(C3CC3)nn2C(C)(C)C)cc1. The number of hydrogen-bond acceptors (Lipinski definition) is 4. The number of aromatic nitrogens is 2. The first-order valence-electron chi connectivity index (χ1n) is 9.03. The molecular weight excluding hydrogens is 364 g/mol. The predicted molar refractivity (Wildman–Crippen MR) is 103 cm³/mol. The molecule has 0 radical (unpaired) electrons. The Morgan fingerprint density at radius 3 is 2.37 bits per heavy atom. The van der Waals surface area contributed by atoms with Crippen molar-refractivity contribution in [1.82, 2.24) is 19.8 Å². The zero-order valence-corrected chi connectivity index (χ0v) is 16.9. The lowest BCUT2D eigenvalue weighted by molar-refractivity contribution is 0.0932. The maximum Gasteiger partial charge on any atom is 0.269 e. The van der Waals surface area contributed by atoms with Crippen LogP contribution < -0.4 is 10.0 Å². The Hall–Kier alpha value is -2.19. The Morgan fingerprint density at radius 1 is 1.22 bits per heavy atom. The van der Waals surface area contributed by atoms with Crippen molar-refractivity contribution in [2.75, 3.05) is 7.05 Å². The first-order valence-corrected chi connectivity index (χ1v) is 10.5. The minimum Gasteiger partial charge on any atom is -0.347 e. The number of rotatable bonds is 6. The molecule has 0 aliphatic heterocycles. The highest BCUT2D eigenvalue weighted by Gasteiger charge is 2.31. The standard InChI is InChI=1S/C19H26N4O3S/c1-19(2,3)23-17(11-16(22-23)14-7-8-14)18(24)21-12-13-5-9-15(10-6-13)27(25,26)20-4/h5-6,9-11,14,20H,7-8,12H2,1-4H3,(H,21,24). The summed E-state index contributed by atoms with van der Waals surface area (Å²) >= 11 is 0. The quantitative estimate of drug-likeness (QED) is 0.792. The molecular formula is C19H26N4O3S. The van der Waals surface area contributed by atoms with Gasteiger partial charge in [0.05, 0.1) is 16.1 Å². The van der Waals surface area contributed by atoms with Gasteiger partial charge in [-0.1, -0.05) is 12.1 Å². The summed E-state index contributed by atoms with van der Waals surface area (Å²) in [4.78, 5) is 12.9. The second-order valence-electron chi connectivity index (χ2n) is 7.85. The van der Waals surface area contributed by atoms with Gasteiger partial charge >= 0.3 is 0 Å². The highest BCUT2D eigenvalue weighted by atomic mass is 32.2. The second-order valence-corrected chi connectivity index (χ2v) is 9.73. The van der Waals surface area contributed by atoms with E-state index in [-0.39, 0.29) is 16.3 Å². The van der Waals surface area contributed by atoms with Crippen molar-refractivity contribution >= 4 is 15.9 Å². The molecule has 1 aromatic carbocycles. The molecule has 1 aliphatic carbocycles. The zero-order chi connectivity index (χ0) is 19.8. The van der Waals surface area contributed by atoms with Gasteiger partial charge in [-0.2, -0.15) is 5.10 Å². The van der Waals surface area contributed by atoms with Crippen LogP contribution in [0.3, 0.4) is 0 Å². The molecule has 0 spiro atoms. The van der Waals surface area contributed by atoms with E-state index in [0.29, 0.717) is 18.2 Å². The summed E-state index contributed by atoms with van der Waals surface area (Å²) in [5.41, 5.74) is 2.07. The largest absolute Gasteiger partial charge is 0.347 e. The van der Waals surface area contributed by atoms with Crippen molar-refractivity contribution in [1.29, 1.82) is 0 Å². The molecule has 7 nitrogen and oxygen atoms in total. The summed E-state index contributed by atoms with van der Waals surface area (Å²) in [5, 5.41) is 7.56. The summed E-state index contributed by atoms with van der Waals surface area (Å²) in [6.45, 7) is 6.38. The maximum absolute atomic E-state index is 12.7. The van der Waals surface area contributed by atoms with E-state index in [9.17, 15) is 13.2 Å². The van der Waals surface area contributed by atoms with Crippen LogP contribution in [0.1, 0.15) is 61.3 Å². The van der Waals surface area contributed by atoms with Gasteiger partial charge in [-0.15, -0.1) is 0 Å². The second kappa shape index (κ2) is 7.09. The minimum atomic E-state index is -3.46. The molecule has 1 saturated carbocycles. The molecule has 146 valence electrons. The topological polar surface area (TPSA) is 93.1 Å². The lowest BCUT2D eigenvalue weighted by Crippen LogP contribution is -2.32. The number of carbonyl (C=O) groups is 1. The molecule has 8 heteroatoms. The Balaban J connectivity index is 1.73. The van der Waals surface area contributed by atoms with Crippen molar-refractivity contribution in [2.24, 2.45) is 0 Å². The highest BCUT2D eigenvalue weighted by molar-refractivity contribution is 7.89. The Kier molecular flexibility index (Phi) is 5.14. The third kappa shape index (κ3) is 4.39. The van der Waals surface area contributed by atoms with Crippen molar-refractivity contribution in [3.05, 3.63) is 47.3 Å². The number of nitrogens with zero attached hydrogens (tertiary/aromatic N) is 2. The fourth-order valence-corrected chi connectivity index (χ4v) is 3.56. The van der Waals surface area contributed by atoms with Gasteiger partial charge in [0.15, 0.2) is 0 Å². The molecule has 0 saturated heterocycles. The molecule has 2 aromatic rings. The van der Waals surface area contributed by atoms with Crippen molar-refractivity contribution in [3.63, 3.8) is 0 Å². The summed E-state index contributed by atoms with van der Waals surface area (Å²) in [6, 6.07) is 8.33. The van der Waals surface area contributed by atoms with Gasteiger partial charge in [-0.05, 0) is 64.4 Å². The minimum absolute atomic E-state index is 0.184. The Bertz CT molecular complexity index is 936. The summed E-state index contributed by atoms with van der Waals surface area (Å²) in [5.74, 6) is 0.290. The lowest BCUT2D eigenvalue weighted by Gasteiger charge is -2.22.